The maximum absolute atomic E-state index is 5.61. The van der Waals surface area contributed by atoms with Crippen LogP contribution in [0.3, 0.4) is 0 Å². The first kappa shape index (κ1) is 10.2. The van der Waals surface area contributed by atoms with Crippen molar-refractivity contribution in [3.63, 3.8) is 0 Å². The van der Waals surface area contributed by atoms with Crippen LogP contribution in [0.25, 0.3) is 5.52 Å². The van der Waals surface area contributed by atoms with Gasteiger partial charge in [-0.2, -0.15) is 0 Å². The highest BCUT2D eigenvalue weighted by Gasteiger charge is 2.09. The minimum absolute atomic E-state index is 0.686. The average molecular weight is 203 g/mol. The van der Waals surface area contributed by atoms with Crippen molar-refractivity contribution in [2.24, 2.45) is 5.73 Å². The molecule has 0 unspecified atom stereocenters. The summed E-state index contributed by atoms with van der Waals surface area (Å²) >= 11 is 0. The number of rotatable bonds is 3. The fourth-order valence-corrected chi connectivity index (χ4v) is 2.08. The van der Waals surface area contributed by atoms with Crippen molar-refractivity contribution in [3.05, 3.63) is 35.4 Å². The van der Waals surface area contributed by atoms with E-state index in [-0.39, 0.29) is 0 Å². The van der Waals surface area contributed by atoms with Gasteiger partial charge in [0.05, 0.1) is 11.2 Å². The molecule has 3 nitrogen and oxygen atoms in total. The van der Waals surface area contributed by atoms with E-state index in [1.165, 1.54) is 11.1 Å². The first-order chi connectivity index (χ1) is 7.27. The number of nitrogens with zero attached hydrogens (tertiary/aromatic N) is 2. The van der Waals surface area contributed by atoms with Gasteiger partial charge in [-0.3, -0.25) is 0 Å². The number of imidazole rings is 1. The van der Waals surface area contributed by atoms with Gasteiger partial charge in [0.15, 0.2) is 0 Å². The average Bonchev–Trinajstić information content (AvgIpc) is 2.57. The van der Waals surface area contributed by atoms with Crippen LogP contribution in [0.2, 0.25) is 0 Å². The van der Waals surface area contributed by atoms with Gasteiger partial charge in [0, 0.05) is 12.6 Å². The van der Waals surface area contributed by atoms with Crippen molar-refractivity contribution in [3.8, 4) is 0 Å². The van der Waals surface area contributed by atoms with Gasteiger partial charge in [0.2, 0.25) is 0 Å². The van der Waals surface area contributed by atoms with Gasteiger partial charge in [0.25, 0.3) is 0 Å². The Hall–Kier alpha value is -1.35. The molecule has 2 heterocycles. The van der Waals surface area contributed by atoms with Gasteiger partial charge in [-0.25, -0.2) is 4.98 Å². The summed E-state index contributed by atoms with van der Waals surface area (Å²) in [5.41, 5.74) is 9.25. The molecule has 2 aromatic heterocycles. The summed E-state index contributed by atoms with van der Waals surface area (Å²) in [5.74, 6) is 1.13. The van der Waals surface area contributed by atoms with E-state index in [1.54, 1.807) is 0 Å². The summed E-state index contributed by atoms with van der Waals surface area (Å²) < 4.78 is 2.18. The summed E-state index contributed by atoms with van der Waals surface area (Å²) in [6.07, 6.45) is 3.95. The van der Waals surface area contributed by atoms with E-state index in [2.05, 4.69) is 41.6 Å². The topological polar surface area (TPSA) is 43.3 Å². The van der Waals surface area contributed by atoms with Gasteiger partial charge >= 0.3 is 0 Å². The Morgan fingerprint density at radius 2 is 2.27 bits per heavy atom. The molecule has 0 aliphatic carbocycles. The molecule has 0 saturated carbocycles. The number of fused-ring (bicyclic) bond motifs is 1. The Bertz CT molecular complexity index is 471. The lowest BCUT2D eigenvalue weighted by atomic mass is 10.1. The van der Waals surface area contributed by atoms with Gasteiger partial charge in [-0.05, 0) is 31.5 Å². The van der Waals surface area contributed by atoms with E-state index in [4.69, 9.17) is 5.73 Å². The molecular formula is C12H17N3. The fourth-order valence-electron chi connectivity index (χ4n) is 2.08. The summed E-state index contributed by atoms with van der Waals surface area (Å²) in [6.45, 7) is 4.88. The standard InChI is InChI=1S/C12H17N3/c1-3-11-14-9(2)12-10(6-7-13)5-4-8-15(11)12/h4-5,8H,3,6-7,13H2,1-2H3. The zero-order valence-electron chi connectivity index (χ0n) is 9.33. The molecule has 2 aromatic rings. The Labute approximate surface area is 89.9 Å². The predicted octanol–water partition coefficient (Wildman–Crippen LogP) is 1.71. The second kappa shape index (κ2) is 4.03. The number of hydrogen-bond acceptors (Lipinski definition) is 2. The van der Waals surface area contributed by atoms with E-state index in [0.717, 1.165) is 24.4 Å². The highest BCUT2D eigenvalue weighted by Crippen LogP contribution is 2.17. The highest BCUT2D eigenvalue weighted by atomic mass is 15.0. The molecule has 0 spiro atoms. The minimum atomic E-state index is 0.686. The van der Waals surface area contributed by atoms with Crippen LogP contribution in [-0.4, -0.2) is 15.9 Å². The second-order valence-electron chi connectivity index (χ2n) is 3.76. The molecule has 2 N–H and O–H groups in total. The molecule has 0 amide bonds. The summed E-state index contributed by atoms with van der Waals surface area (Å²) in [5, 5.41) is 0. The molecule has 15 heavy (non-hydrogen) atoms. The maximum atomic E-state index is 5.61. The summed E-state index contributed by atoms with van der Waals surface area (Å²) in [4.78, 5) is 4.57. The van der Waals surface area contributed by atoms with Crippen molar-refractivity contribution in [1.82, 2.24) is 9.38 Å². The summed E-state index contributed by atoms with van der Waals surface area (Å²) in [6, 6.07) is 4.20. The minimum Gasteiger partial charge on any atom is -0.330 e. The van der Waals surface area contributed by atoms with Crippen LogP contribution in [-0.2, 0) is 12.8 Å². The quantitative estimate of drug-likeness (QED) is 0.825. The third-order valence-corrected chi connectivity index (χ3v) is 2.73. The van der Waals surface area contributed by atoms with Crippen LogP contribution >= 0.6 is 0 Å². The molecule has 0 atom stereocenters. The van der Waals surface area contributed by atoms with Crippen molar-refractivity contribution < 1.29 is 0 Å². The molecule has 2 rings (SSSR count). The Morgan fingerprint density at radius 3 is 2.93 bits per heavy atom. The number of hydrogen-bond donors (Lipinski definition) is 1. The first-order valence-corrected chi connectivity index (χ1v) is 5.43. The number of pyridine rings is 1. The SMILES string of the molecule is CCc1nc(C)c2c(CCN)cccn12. The molecular weight excluding hydrogens is 186 g/mol. The van der Waals surface area contributed by atoms with Crippen LogP contribution in [0.5, 0.6) is 0 Å². The van der Waals surface area contributed by atoms with Crippen molar-refractivity contribution in [2.45, 2.75) is 26.7 Å². The largest absolute Gasteiger partial charge is 0.330 e. The highest BCUT2D eigenvalue weighted by molar-refractivity contribution is 5.59. The van der Waals surface area contributed by atoms with Crippen molar-refractivity contribution in [2.75, 3.05) is 6.54 Å². The Balaban J connectivity index is 2.68. The summed E-state index contributed by atoms with van der Waals surface area (Å²) in [7, 11) is 0. The molecule has 0 aromatic carbocycles. The predicted molar refractivity (Wildman–Crippen MR) is 62.1 cm³/mol. The van der Waals surface area contributed by atoms with Crippen LogP contribution in [0.4, 0.5) is 0 Å². The first-order valence-electron chi connectivity index (χ1n) is 5.43. The van der Waals surface area contributed by atoms with Crippen LogP contribution in [0.15, 0.2) is 18.3 Å². The number of aryl methyl sites for hydroxylation is 2. The lowest BCUT2D eigenvalue weighted by molar-refractivity contribution is 0.917. The molecule has 0 aliphatic rings. The van der Waals surface area contributed by atoms with E-state index < -0.39 is 0 Å². The molecule has 0 aliphatic heterocycles. The van der Waals surface area contributed by atoms with Gasteiger partial charge in [-0.15, -0.1) is 0 Å². The molecule has 3 heteroatoms. The monoisotopic (exact) mass is 203 g/mol. The molecule has 0 saturated heterocycles. The van der Waals surface area contributed by atoms with E-state index in [0.29, 0.717) is 6.54 Å². The van der Waals surface area contributed by atoms with Gasteiger partial charge < -0.3 is 10.1 Å². The van der Waals surface area contributed by atoms with E-state index >= 15 is 0 Å². The normalized spacial score (nSPS) is 11.1. The zero-order chi connectivity index (χ0) is 10.8. The number of nitrogens with two attached hydrogens (primary N) is 1. The lowest BCUT2D eigenvalue weighted by Gasteiger charge is -2.04. The molecule has 80 valence electrons. The third kappa shape index (κ3) is 1.63. The molecule has 0 bridgehead atoms. The van der Waals surface area contributed by atoms with Crippen LogP contribution < -0.4 is 5.73 Å². The van der Waals surface area contributed by atoms with Gasteiger partial charge in [0.1, 0.15) is 5.82 Å². The number of aromatic nitrogens is 2. The zero-order valence-corrected chi connectivity index (χ0v) is 9.33. The van der Waals surface area contributed by atoms with E-state index in [1.807, 2.05) is 0 Å². The van der Waals surface area contributed by atoms with Crippen molar-refractivity contribution in [1.29, 1.82) is 0 Å². The molecule has 0 fully saturated rings. The Kier molecular flexibility index (Phi) is 2.73. The maximum Gasteiger partial charge on any atom is 0.113 e. The van der Waals surface area contributed by atoms with Crippen molar-refractivity contribution >= 4 is 5.52 Å². The van der Waals surface area contributed by atoms with E-state index in [9.17, 15) is 0 Å². The molecule has 0 radical (unpaired) electrons. The smallest absolute Gasteiger partial charge is 0.113 e. The fraction of sp³-hybridized carbons (Fsp3) is 0.417. The van der Waals surface area contributed by atoms with Gasteiger partial charge in [-0.1, -0.05) is 13.0 Å². The second-order valence-corrected chi connectivity index (χ2v) is 3.76. The third-order valence-electron chi connectivity index (χ3n) is 2.73. The Morgan fingerprint density at radius 1 is 1.47 bits per heavy atom. The van der Waals surface area contributed by atoms with Crippen LogP contribution in [0, 0.1) is 6.92 Å². The lowest BCUT2D eigenvalue weighted by Crippen LogP contribution is -2.04. The van der Waals surface area contributed by atoms with Crippen LogP contribution in [0.1, 0.15) is 24.0 Å².